The van der Waals surface area contributed by atoms with Gasteiger partial charge in [-0.05, 0) is 0 Å². The van der Waals surface area contributed by atoms with Gasteiger partial charge in [-0.1, -0.05) is 11.2 Å². The zero-order chi connectivity index (χ0) is 5.21. The van der Waals surface area contributed by atoms with Crippen LogP contribution in [0, 0.1) is 0 Å². The molecule has 0 rings (SSSR count). The van der Waals surface area contributed by atoms with Gasteiger partial charge in [-0.3, -0.25) is 0 Å². The van der Waals surface area contributed by atoms with Crippen LogP contribution in [0.1, 0.15) is 0 Å². The zero-order valence-electron chi connectivity index (χ0n) is 3.32. The third-order valence-corrected chi connectivity index (χ3v) is 2.73. The molecule has 0 aliphatic rings. The first-order chi connectivity index (χ1) is 2.56. The highest BCUT2D eigenvalue weighted by molar-refractivity contribution is 7.89. The lowest BCUT2D eigenvalue weighted by atomic mass is 11.9. The molecular formula is C2H5Cl2OP. The van der Waals surface area contributed by atoms with Gasteiger partial charge in [-0.15, -0.1) is 11.6 Å². The number of alkyl halides is 1. The zero-order valence-corrected chi connectivity index (χ0v) is 5.72. The van der Waals surface area contributed by atoms with E-state index in [1.54, 1.807) is 0 Å². The highest BCUT2D eigenvalue weighted by Gasteiger charge is 2.04. The van der Waals surface area contributed by atoms with Crippen molar-refractivity contribution in [1.82, 2.24) is 0 Å². The lowest BCUT2D eigenvalue weighted by molar-refractivity contribution is 0.590. The Hall–Kier alpha value is 0.810. The fraction of sp³-hybridized carbons (Fsp3) is 1.00. The Morgan fingerprint density at radius 1 is 1.83 bits per heavy atom. The molecule has 0 N–H and O–H groups in total. The summed E-state index contributed by atoms with van der Waals surface area (Å²) in [7, 11) is 0. The molecule has 0 aliphatic heterocycles. The molecule has 38 valence electrons. The second-order valence-corrected chi connectivity index (χ2v) is 6.18. The number of hydrogen-bond donors (Lipinski definition) is 0. The Morgan fingerprint density at radius 3 is 2.00 bits per heavy atom. The molecule has 0 radical (unpaired) electrons. The first kappa shape index (κ1) is 6.81. The summed E-state index contributed by atoms with van der Waals surface area (Å²) in [4.78, 5) is 0. The average molecular weight is 147 g/mol. The monoisotopic (exact) mass is 146 g/mol. The maximum atomic E-state index is 10.2. The Balaban J connectivity index is 3.48. The predicted molar refractivity (Wildman–Crippen MR) is 30.1 cm³/mol. The minimum absolute atomic E-state index is 0.0640. The molecule has 1 unspecified atom stereocenters. The third-order valence-electron chi connectivity index (χ3n) is 0.213. The molecule has 0 aromatic carbocycles. The summed E-state index contributed by atoms with van der Waals surface area (Å²) in [6.45, 7) is -0.977. The average Bonchev–Trinajstić information content (AvgIpc) is 1.35. The van der Waals surface area contributed by atoms with Gasteiger partial charge in [-0.2, -0.15) is 0 Å². The van der Waals surface area contributed by atoms with E-state index in [0.717, 1.165) is 0 Å². The van der Waals surface area contributed by atoms with E-state index in [1.165, 1.54) is 6.66 Å². The Morgan fingerprint density at radius 2 is 2.00 bits per heavy atom. The van der Waals surface area contributed by atoms with Gasteiger partial charge < -0.3 is 4.57 Å². The molecule has 0 amide bonds. The van der Waals surface area contributed by atoms with E-state index in [0.29, 0.717) is 0 Å². The number of hydrogen-bond acceptors (Lipinski definition) is 1. The molecule has 0 bridgehead atoms. The van der Waals surface area contributed by atoms with Crippen molar-refractivity contribution in [2.45, 2.75) is 0 Å². The van der Waals surface area contributed by atoms with Gasteiger partial charge in [0.05, 0.1) is 5.62 Å². The molecule has 0 spiro atoms. The summed E-state index contributed by atoms with van der Waals surface area (Å²) in [6.07, 6.45) is 0. The molecule has 4 heteroatoms. The molecule has 0 saturated heterocycles. The Kier molecular flexibility index (Phi) is 2.50. The van der Waals surface area contributed by atoms with Crippen molar-refractivity contribution in [1.29, 1.82) is 0 Å². The van der Waals surface area contributed by atoms with Crippen LogP contribution in [0.3, 0.4) is 0 Å². The van der Waals surface area contributed by atoms with E-state index >= 15 is 0 Å². The normalized spacial score (nSPS) is 19.8. The maximum absolute atomic E-state index is 10.2. The van der Waals surface area contributed by atoms with E-state index in [4.69, 9.17) is 22.8 Å². The number of rotatable bonds is 1. The quantitative estimate of drug-likeness (QED) is 0.410. The second kappa shape index (κ2) is 2.20. The second-order valence-electron chi connectivity index (χ2n) is 1.10. The van der Waals surface area contributed by atoms with Crippen molar-refractivity contribution >= 4 is 29.3 Å². The van der Waals surface area contributed by atoms with Crippen LogP contribution in [0.5, 0.6) is 0 Å². The Bertz CT molecular complexity index is 75.6. The standard InChI is InChI=1S/C2H5Cl2OP/c1-6(4,5)2-3/h2H2,1H3. The summed E-state index contributed by atoms with van der Waals surface area (Å²) in [5.41, 5.74) is 0.0640. The highest BCUT2D eigenvalue weighted by Crippen LogP contribution is 2.47. The van der Waals surface area contributed by atoms with Crippen LogP contribution in [0.2, 0.25) is 0 Å². The highest BCUT2D eigenvalue weighted by atomic mass is 35.7. The van der Waals surface area contributed by atoms with Crippen molar-refractivity contribution in [3.63, 3.8) is 0 Å². The van der Waals surface area contributed by atoms with E-state index < -0.39 is 6.49 Å². The lowest BCUT2D eigenvalue weighted by Gasteiger charge is -1.90. The summed E-state index contributed by atoms with van der Waals surface area (Å²) in [5.74, 6) is 0. The van der Waals surface area contributed by atoms with Gasteiger partial charge in [-0.25, -0.2) is 0 Å². The molecule has 0 fully saturated rings. The molecular weight excluding hydrogens is 142 g/mol. The van der Waals surface area contributed by atoms with Gasteiger partial charge in [0, 0.05) is 6.66 Å². The van der Waals surface area contributed by atoms with E-state index in [9.17, 15) is 4.57 Å². The van der Waals surface area contributed by atoms with Gasteiger partial charge in [0.25, 0.3) is 0 Å². The van der Waals surface area contributed by atoms with Crippen LogP contribution >= 0.6 is 29.3 Å². The third kappa shape index (κ3) is 4.81. The Labute approximate surface area is 46.8 Å². The van der Waals surface area contributed by atoms with Crippen molar-refractivity contribution in [3.8, 4) is 0 Å². The van der Waals surface area contributed by atoms with Crippen LogP contribution < -0.4 is 0 Å². The van der Waals surface area contributed by atoms with E-state index in [1.807, 2.05) is 0 Å². The lowest BCUT2D eigenvalue weighted by Crippen LogP contribution is -1.62. The van der Waals surface area contributed by atoms with Crippen molar-refractivity contribution < 1.29 is 4.57 Å². The smallest absolute Gasteiger partial charge is 0.180 e. The first-order valence-electron chi connectivity index (χ1n) is 1.38. The molecule has 0 heterocycles. The SMILES string of the molecule is CP(=O)(Cl)CCl. The molecule has 0 aromatic heterocycles. The molecule has 0 aliphatic carbocycles. The molecule has 6 heavy (non-hydrogen) atoms. The van der Waals surface area contributed by atoms with Crippen molar-refractivity contribution in [2.24, 2.45) is 0 Å². The van der Waals surface area contributed by atoms with Crippen molar-refractivity contribution in [2.75, 3.05) is 12.3 Å². The summed E-state index contributed by atoms with van der Waals surface area (Å²) in [5, 5.41) is 0. The minimum Gasteiger partial charge on any atom is -0.306 e. The number of halogens is 2. The van der Waals surface area contributed by atoms with Crippen molar-refractivity contribution in [3.05, 3.63) is 0 Å². The van der Waals surface area contributed by atoms with Crippen LogP contribution in [0.4, 0.5) is 0 Å². The molecule has 1 nitrogen and oxygen atoms in total. The summed E-state index contributed by atoms with van der Waals surface area (Å²) in [6, 6.07) is 0. The largest absolute Gasteiger partial charge is 0.306 e. The van der Waals surface area contributed by atoms with Gasteiger partial charge in [0.1, 0.15) is 0 Å². The van der Waals surface area contributed by atoms with Gasteiger partial charge in [0.2, 0.25) is 0 Å². The van der Waals surface area contributed by atoms with Crippen LogP contribution in [0.25, 0.3) is 0 Å². The fourth-order valence-electron chi connectivity index (χ4n) is 0. The minimum atomic E-state index is -2.41. The van der Waals surface area contributed by atoms with E-state index in [-0.39, 0.29) is 5.62 Å². The topological polar surface area (TPSA) is 17.1 Å². The fourth-order valence-corrected chi connectivity index (χ4v) is 0. The summed E-state index contributed by atoms with van der Waals surface area (Å²) < 4.78 is 10.2. The van der Waals surface area contributed by atoms with E-state index in [2.05, 4.69) is 0 Å². The van der Waals surface area contributed by atoms with Crippen LogP contribution in [-0.4, -0.2) is 12.3 Å². The molecule has 0 saturated carbocycles. The summed E-state index contributed by atoms with van der Waals surface area (Å²) >= 11 is 10.2. The molecule has 1 atom stereocenters. The van der Waals surface area contributed by atoms with Crippen LogP contribution in [0.15, 0.2) is 0 Å². The van der Waals surface area contributed by atoms with Gasteiger partial charge >= 0.3 is 0 Å². The van der Waals surface area contributed by atoms with Gasteiger partial charge in [0.15, 0.2) is 6.49 Å². The predicted octanol–water partition coefficient (Wildman–Crippen LogP) is 2.33. The van der Waals surface area contributed by atoms with Crippen LogP contribution in [-0.2, 0) is 4.57 Å². The maximum Gasteiger partial charge on any atom is 0.180 e. The molecule has 0 aromatic rings. The first-order valence-corrected chi connectivity index (χ1v) is 5.16.